The van der Waals surface area contributed by atoms with Crippen molar-refractivity contribution in [3.63, 3.8) is 0 Å². The smallest absolute Gasteiger partial charge is 0.293 e. The number of guanidine groups is 1. The molecule has 0 spiro atoms. The molecule has 0 saturated carbocycles. The maximum Gasteiger partial charge on any atom is 0.293 e. The number of amides is 1. The van der Waals surface area contributed by atoms with Crippen molar-refractivity contribution in [1.29, 1.82) is 0 Å². The van der Waals surface area contributed by atoms with Crippen LogP contribution in [0.3, 0.4) is 0 Å². The van der Waals surface area contributed by atoms with Gasteiger partial charge >= 0.3 is 0 Å². The molecule has 0 bridgehead atoms. The van der Waals surface area contributed by atoms with E-state index in [1.54, 1.807) is 0 Å². The van der Waals surface area contributed by atoms with E-state index in [0.717, 1.165) is 26.4 Å². The van der Waals surface area contributed by atoms with Gasteiger partial charge in [-0.2, -0.15) is 0 Å². The van der Waals surface area contributed by atoms with Crippen LogP contribution in [-0.4, -0.2) is 47.4 Å². The third-order valence-corrected chi connectivity index (χ3v) is 6.47. The number of nitrogens with two attached hydrogens (primary N) is 1. The van der Waals surface area contributed by atoms with Gasteiger partial charge in [0.25, 0.3) is 5.91 Å². The van der Waals surface area contributed by atoms with Crippen molar-refractivity contribution in [3.8, 4) is 0 Å². The summed E-state index contributed by atoms with van der Waals surface area (Å²) in [4.78, 5) is 23.4. The van der Waals surface area contributed by atoms with E-state index in [4.69, 9.17) is 17.3 Å². The van der Waals surface area contributed by atoms with Crippen molar-refractivity contribution in [1.82, 2.24) is 14.3 Å². The molecule has 0 saturated heterocycles. The topological polar surface area (TPSA) is 131 Å². The number of anilines is 1. The fourth-order valence-electron chi connectivity index (χ4n) is 2.85. The lowest BCUT2D eigenvalue weighted by Crippen LogP contribution is -2.50. The summed E-state index contributed by atoms with van der Waals surface area (Å²) in [6.07, 6.45) is 2.22. The van der Waals surface area contributed by atoms with Crippen LogP contribution in [0, 0.1) is 17.5 Å². The van der Waals surface area contributed by atoms with Gasteiger partial charge in [0.1, 0.15) is 5.54 Å². The second-order valence-electron chi connectivity index (χ2n) is 6.56. The van der Waals surface area contributed by atoms with Gasteiger partial charge in [0.2, 0.25) is 21.8 Å². The number of halogens is 4. The molecule has 3 rings (SSSR count). The molecule has 1 aliphatic rings. The molecule has 0 radical (unpaired) electrons. The summed E-state index contributed by atoms with van der Waals surface area (Å²) in [5, 5.41) is 2.16. The highest BCUT2D eigenvalue weighted by molar-refractivity contribution is 7.89. The number of carbonyl (C=O) groups excluding carboxylic acids is 1. The first-order valence-corrected chi connectivity index (χ1v) is 10.1. The van der Waals surface area contributed by atoms with Crippen molar-refractivity contribution in [2.24, 2.45) is 10.7 Å². The third kappa shape index (κ3) is 3.77. The lowest BCUT2D eigenvalue weighted by molar-refractivity contribution is 0.101. The summed E-state index contributed by atoms with van der Waals surface area (Å²) in [6, 6.07) is 0.405. The number of rotatable bonds is 3. The first-order valence-electron chi connectivity index (χ1n) is 8.14. The number of hydrogen-bond acceptors (Lipinski definition) is 7. The molecule has 1 aromatic heterocycles. The van der Waals surface area contributed by atoms with E-state index in [-0.39, 0.29) is 5.02 Å². The van der Waals surface area contributed by atoms with Gasteiger partial charge in [-0.1, -0.05) is 11.6 Å². The van der Waals surface area contributed by atoms with Crippen LogP contribution in [0.4, 0.5) is 18.9 Å². The SMILES string of the molecule is CN1C(N)=N[C@](C)(c2c(F)c(F)cc(NC(=O)c3ncc(Cl)cn3)c2F)CS1(=O)=O. The molecule has 0 aliphatic carbocycles. The standard InChI is InChI=1S/C16H14ClF3N6O3S/c1-16(6-30(28,29)26(2)15(21)25-16)10-11(19)8(18)3-9(12(10)20)24-14(27)13-22-4-7(17)5-23-13/h3-5H,6H2,1-2H3,(H2,21,25)(H,24,27)/t16-/m0/s1. The number of aromatic nitrogens is 2. The highest BCUT2D eigenvalue weighted by atomic mass is 35.5. The van der Waals surface area contributed by atoms with E-state index < -0.39 is 67.7 Å². The predicted molar refractivity (Wildman–Crippen MR) is 102 cm³/mol. The van der Waals surface area contributed by atoms with Crippen LogP contribution >= 0.6 is 11.6 Å². The number of sulfonamides is 1. The Morgan fingerprint density at radius 2 is 1.87 bits per heavy atom. The maximum atomic E-state index is 15.2. The average Bonchev–Trinajstić information content (AvgIpc) is 2.64. The summed E-state index contributed by atoms with van der Waals surface area (Å²) >= 11 is 5.62. The Morgan fingerprint density at radius 1 is 1.27 bits per heavy atom. The first-order chi connectivity index (χ1) is 13.9. The number of nitrogens with zero attached hydrogens (tertiary/aromatic N) is 4. The Morgan fingerprint density at radius 3 is 2.43 bits per heavy atom. The number of aliphatic imine (C=N–C) groups is 1. The zero-order valence-electron chi connectivity index (χ0n) is 15.5. The molecule has 9 nitrogen and oxygen atoms in total. The predicted octanol–water partition coefficient (Wildman–Crippen LogP) is 1.60. The monoisotopic (exact) mass is 462 g/mol. The molecule has 0 fully saturated rings. The Labute approximate surface area is 173 Å². The Bertz CT molecular complexity index is 1180. The first kappa shape index (κ1) is 21.8. The van der Waals surface area contributed by atoms with Crippen LogP contribution in [0.2, 0.25) is 5.02 Å². The number of benzene rings is 1. The quantitative estimate of drug-likeness (QED) is 0.666. The Hall–Kier alpha value is -2.93. The third-order valence-electron chi connectivity index (χ3n) is 4.33. The van der Waals surface area contributed by atoms with Crippen LogP contribution in [-0.2, 0) is 15.6 Å². The molecular weight excluding hydrogens is 449 g/mol. The summed E-state index contributed by atoms with van der Waals surface area (Å²) in [7, 11) is -2.98. The molecule has 1 atom stereocenters. The zero-order chi connectivity index (χ0) is 22.4. The minimum absolute atomic E-state index is 0.139. The van der Waals surface area contributed by atoms with Gasteiger partial charge in [0.15, 0.2) is 17.5 Å². The van der Waals surface area contributed by atoms with E-state index in [1.807, 2.05) is 5.32 Å². The average molecular weight is 463 g/mol. The van der Waals surface area contributed by atoms with Crippen LogP contribution in [0.1, 0.15) is 23.1 Å². The van der Waals surface area contributed by atoms with Gasteiger partial charge in [0.05, 0.1) is 22.0 Å². The lowest BCUT2D eigenvalue weighted by Gasteiger charge is -2.35. The highest BCUT2D eigenvalue weighted by Gasteiger charge is 2.44. The molecular formula is C16H14ClF3N6O3S. The molecule has 2 heterocycles. The molecule has 3 N–H and O–H groups in total. The molecule has 2 aromatic rings. The van der Waals surface area contributed by atoms with Crippen molar-refractivity contribution in [2.75, 3.05) is 18.1 Å². The van der Waals surface area contributed by atoms with Gasteiger partial charge in [-0.15, -0.1) is 0 Å². The summed E-state index contributed by atoms with van der Waals surface area (Å²) in [5.41, 5.74) is 1.71. The molecule has 1 amide bonds. The van der Waals surface area contributed by atoms with Gasteiger partial charge in [-0.3, -0.25) is 4.79 Å². The van der Waals surface area contributed by atoms with Crippen molar-refractivity contribution < 1.29 is 26.4 Å². The second kappa shape index (κ2) is 7.40. The van der Waals surface area contributed by atoms with Gasteiger partial charge in [0, 0.05) is 25.5 Å². The fourth-order valence-corrected chi connectivity index (χ4v) is 4.39. The van der Waals surface area contributed by atoms with E-state index in [2.05, 4.69) is 15.0 Å². The number of carbonyl (C=O) groups is 1. The van der Waals surface area contributed by atoms with Gasteiger partial charge in [-0.05, 0) is 6.92 Å². The molecule has 14 heteroatoms. The fraction of sp³-hybridized carbons (Fsp3) is 0.250. The molecule has 1 aliphatic heterocycles. The van der Waals surface area contributed by atoms with E-state index in [1.165, 1.54) is 0 Å². The lowest BCUT2D eigenvalue weighted by atomic mass is 9.92. The maximum absolute atomic E-state index is 15.2. The zero-order valence-corrected chi connectivity index (χ0v) is 17.0. The highest BCUT2D eigenvalue weighted by Crippen LogP contribution is 2.38. The number of hydrogen-bond donors (Lipinski definition) is 2. The molecule has 30 heavy (non-hydrogen) atoms. The van der Waals surface area contributed by atoms with Gasteiger partial charge < -0.3 is 11.1 Å². The minimum Gasteiger partial charge on any atom is -0.369 e. The van der Waals surface area contributed by atoms with Crippen LogP contribution < -0.4 is 11.1 Å². The minimum atomic E-state index is -4.09. The number of nitrogens with one attached hydrogen (secondary N) is 1. The summed E-state index contributed by atoms with van der Waals surface area (Å²) in [5.74, 6) is -7.49. The Kier molecular flexibility index (Phi) is 5.37. The largest absolute Gasteiger partial charge is 0.369 e. The van der Waals surface area contributed by atoms with Crippen LogP contribution in [0.25, 0.3) is 0 Å². The second-order valence-corrected chi connectivity index (χ2v) is 8.99. The van der Waals surface area contributed by atoms with Crippen LogP contribution in [0.15, 0.2) is 23.5 Å². The Balaban J connectivity index is 2.10. The molecule has 0 unspecified atom stereocenters. The van der Waals surface area contributed by atoms with E-state index >= 15 is 4.39 Å². The van der Waals surface area contributed by atoms with Crippen molar-refractivity contribution >= 4 is 39.2 Å². The normalized spacial score (nSPS) is 20.6. The van der Waals surface area contributed by atoms with Crippen molar-refractivity contribution in [3.05, 3.63) is 52.3 Å². The van der Waals surface area contributed by atoms with Crippen molar-refractivity contribution in [2.45, 2.75) is 12.5 Å². The summed E-state index contributed by atoms with van der Waals surface area (Å²) < 4.78 is 69.2. The molecule has 160 valence electrons. The van der Waals surface area contributed by atoms with E-state index in [9.17, 15) is 22.0 Å². The van der Waals surface area contributed by atoms with E-state index in [0.29, 0.717) is 10.4 Å². The molecule has 1 aromatic carbocycles. The van der Waals surface area contributed by atoms with Gasteiger partial charge in [-0.25, -0.2) is 40.9 Å². The van der Waals surface area contributed by atoms with Crippen LogP contribution in [0.5, 0.6) is 0 Å². The summed E-state index contributed by atoms with van der Waals surface area (Å²) in [6.45, 7) is 1.08.